The molecule has 5 nitrogen and oxygen atoms in total. The molecule has 1 N–H and O–H groups in total. The molecule has 114 valence electrons. The van der Waals surface area contributed by atoms with Gasteiger partial charge in [-0.3, -0.25) is 0 Å². The molecule has 0 amide bonds. The minimum atomic E-state index is 0.736. The van der Waals surface area contributed by atoms with Crippen molar-refractivity contribution in [3.8, 4) is 22.6 Å². The van der Waals surface area contributed by atoms with Crippen LogP contribution in [0.15, 0.2) is 72.9 Å². The van der Waals surface area contributed by atoms with Crippen molar-refractivity contribution in [1.29, 1.82) is 0 Å². The lowest BCUT2D eigenvalue weighted by molar-refractivity contribution is 0.942. The van der Waals surface area contributed by atoms with Crippen molar-refractivity contribution in [1.82, 2.24) is 24.8 Å². The molecular formula is C19H13N5. The SMILES string of the molecule is c1ccc(-c2nnc3ccc(-c4ccc5[nH]ccc5c4)nn23)cc1. The molecular weight excluding hydrogens is 298 g/mol. The Morgan fingerprint density at radius 1 is 0.792 bits per heavy atom. The zero-order valence-corrected chi connectivity index (χ0v) is 12.7. The average molecular weight is 311 g/mol. The van der Waals surface area contributed by atoms with Gasteiger partial charge in [-0.15, -0.1) is 10.2 Å². The summed E-state index contributed by atoms with van der Waals surface area (Å²) < 4.78 is 1.80. The van der Waals surface area contributed by atoms with Crippen molar-refractivity contribution in [3.05, 3.63) is 72.9 Å². The minimum absolute atomic E-state index is 0.736. The van der Waals surface area contributed by atoms with Gasteiger partial charge in [0.1, 0.15) is 0 Å². The van der Waals surface area contributed by atoms with E-state index in [-0.39, 0.29) is 0 Å². The molecule has 5 rings (SSSR count). The quantitative estimate of drug-likeness (QED) is 0.537. The molecule has 0 bridgehead atoms. The van der Waals surface area contributed by atoms with E-state index in [4.69, 9.17) is 5.10 Å². The van der Waals surface area contributed by atoms with Crippen LogP contribution < -0.4 is 0 Å². The molecule has 0 aliphatic carbocycles. The van der Waals surface area contributed by atoms with Crippen LogP contribution in [-0.2, 0) is 0 Å². The van der Waals surface area contributed by atoms with Crippen LogP contribution in [0.2, 0.25) is 0 Å². The lowest BCUT2D eigenvalue weighted by Gasteiger charge is -2.04. The Hall–Kier alpha value is -3.47. The fourth-order valence-electron chi connectivity index (χ4n) is 2.92. The highest BCUT2D eigenvalue weighted by atomic mass is 15.4. The Balaban J connectivity index is 1.69. The summed E-state index contributed by atoms with van der Waals surface area (Å²) in [6, 6.07) is 22.2. The second kappa shape index (κ2) is 5.03. The average Bonchev–Trinajstić information content (AvgIpc) is 3.28. The first-order chi connectivity index (χ1) is 11.9. The first-order valence-electron chi connectivity index (χ1n) is 7.74. The third-order valence-electron chi connectivity index (χ3n) is 4.14. The second-order valence-electron chi connectivity index (χ2n) is 5.66. The summed E-state index contributed by atoms with van der Waals surface area (Å²) >= 11 is 0. The Kier molecular flexibility index (Phi) is 2.72. The first-order valence-corrected chi connectivity index (χ1v) is 7.74. The monoisotopic (exact) mass is 311 g/mol. The van der Waals surface area contributed by atoms with Crippen molar-refractivity contribution in [2.75, 3.05) is 0 Å². The van der Waals surface area contributed by atoms with Gasteiger partial charge < -0.3 is 4.98 Å². The summed E-state index contributed by atoms with van der Waals surface area (Å²) in [5.74, 6) is 0.746. The van der Waals surface area contributed by atoms with E-state index in [0.29, 0.717) is 0 Å². The van der Waals surface area contributed by atoms with E-state index >= 15 is 0 Å². The number of H-pyrrole nitrogens is 1. The van der Waals surface area contributed by atoms with Crippen LogP contribution >= 0.6 is 0 Å². The summed E-state index contributed by atoms with van der Waals surface area (Å²) in [5, 5.41) is 14.4. The van der Waals surface area contributed by atoms with Crippen molar-refractivity contribution < 1.29 is 0 Å². The van der Waals surface area contributed by atoms with Crippen molar-refractivity contribution in [3.63, 3.8) is 0 Å². The van der Waals surface area contributed by atoms with Gasteiger partial charge in [0.05, 0.1) is 5.69 Å². The summed E-state index contributed by atoms with van der Waals surface area (Å²) in [7, 11) is 0. The Morgan fingerprint density at radius 2 is 1.71 bits per heavy atom. The highest BCUT2D eigenvalue weighted by Gasteiger charge is 2.10. The summed E-state index contributed by atoms with van der Waals surface area (Å²) in [5.41, 5.74) is 4.81. The van der Waals surface area contributed by atoms with Gasteiger partial charge >= 0.3 is 0 Å². The lowest BCUT2D eigenvalue weighted by atomic mass is 10.1. The largest absolute Gasteiger partial charge is 0.361 e. The molecule has 0 spiro atoms. The Labute approximate surface area is 137 Å². The van der Waals surface area contributed by atoms with Crippen molar-refractivity contribution in [2.45, 2.75) is 0 Å². The molecule has 24 heavy (non-hydrogen) atoms. The number of nitrogens with zero attached hydrogens (tertiary/aromatic N) is 4. The van der Waals surface area contributed by atoms with Gasteiger partial charge in [0, 0.05) is 28.2 Å². The molecule has 3 heterocycles. The number of aromatic amines is 1. The molecule has 0 unspecified atom stereocenters. The molecule has 0 radical (unpaired) electrons. The summed E-state index contributed by atoms with van der Waals surface area (Å²) in [6.45, 7) is 0. The Morgan fingerprint density at radius 3 is 2.62 bits per heavy atom. The van der Waals surface area contributed by atoms with Gasteiger partial charge in [-0.2, -0.15) is 9.61 Å². The highest BCUT2D eigenvalue weighted by Crippen LogP contribution is 2.24. The third kappa shape index (κ3) is 1.99. The first kappa shape index (κ1) is 13.0. The van der Waals surface area contributed by atoms with Gasteiger partial charge in [0.25, 0.3) is 0 Å². The molecule has 2 aromatic carbocycles. The standard InChI is InChI=1S/C19H13N5/c1-2-4-13(5-3-1)19-22-21-18-9-8-17(23-24(18)19)14-6-7-16-15(12-14)10-11-20-16/h1-12,20H. The van der Waals surface area contributed by atoms with Crippen LogP contribution in [0, 0.1) is 0 Å². The maximum Gasteiger partial charge on any atom is 0.185 e. The van der Waals surface area contributed by atoms with Crippen molar-refractivity contribution in [2.24, 2.45) is 0 Å². The summed E-state index contributed by atoms with van der Waals surface area (Å²) in [6.07, 6.45) is 1.94. The van der Waals surface area contributed by atoms with E-state index in [0.717, 1.165) is 33.8 Å². The van der Waals surface area contributed by atoms with E-state index in [1.807, 2.05) is 48.7 Å². The smallest absolute Gasteiger partial charge is 0.185 e. The minimum Gasteiger partial charge on any atom is -0.361 e. The number of nitrogens with one attached hydrogen (secondary N) is 1. The predicted octanol–water partition coefficient (Wildman–Crippen LogP) is 3.94. The van der Waals surface area contributed by atoms with Crippen LogP contribution in [0.4, 0.5) is 0 Å². The molecule has 5 heteroatoms. The maximum absolute atomic E-state index is 4.75. The van der Waals surface area contributed by atoms with Gasteiger partial charge in [0.2, 0.25) is 0 Å². The predicted molar refractivity (Wildman–Crippen MR) is 93.5 cm³/mol. The van der Waals surface area contributed by atoms with Gasteiger partial charge in [0.15, 0.2) is 11.5 Å². The van der Waals surface area contributed by atoms with E-state index in [9.17, 15) is 0 Å². The molecule has 0 atom stereocenters. The molecule has 0 saturated heterocycles. The highest BCUT2D eigenvalue weighted by molar-refractivity contribution is 5.84. The molecule has 0 aliphatic heterocycles. The van der Waals surface area contributed by atoms with E-state index in [1.54, 1.807) is 4.52 Å². The molecule has 0 saturated carbocycles. The fourth-order valence-corrected chi connectivity index (χ4v) is 2.92. The molecule has 0 fully saturated rings. The van der Waals surface area contributed by atoms with Crippen LogP contribution in [0.25, 0.3) is 39.2 Å². The topological polar surface area (TPSA) is 58.9 Å². The van der Waals surface area contributed by atoms with Crippen LogP contribution in [-0.4, -0.2) is 24.8 Å². The van der Waals surface area contributed by atoms with Crippen molar-refractivity contribution >= 4 is 16.6 Å². The zero-order valence-electron chi connectivity index (χ0n) is 12.7. The normalized spacial score (nSPS) is 11.3. The fraction of sp³-hybridized carbons (Fsp3) is 0. The van der Waals surface area contributed by atoms with Gasteiger partial charge in [-0.1, -0.05) is 36.4 Å². The van der Waals surface area contributed by atoms with Gasteiger partial charge in [-0.05, 0) is 30.3 Å². The van der Waals surface area contributed by atoms with E-state index in [1.165, 1.54) is 5.39 Å². The third-order valence-corrected chi connectivity index (χ3v) is 4.14. The maximum atomic E-state index is 4.75. The summed E-state index contributed by atoms with van der Waals surface area (Å²) in [4.78, 5) is 3.21. The number of aromatic nitrogens is 5. The molecule has 0 aliphatic rings. The van der Waals surface area contributed by atoms with Crippen LogP contribution in [0.3, 0.4) is 0 Å². The number of hydrogen-bond acceptors (Lipinski definition) is 3. The molecule has 3 aromatic heterocycles. The van der Waals surface area contributed by atoms with Crippen LogP contribution in [0.5, 0.6) is 0 Å². The zero-order chi connectivity index (χ0) is 15.9. The van der Waals surface area contributed by atoms with Gasteiger partial charge in [-0.25, -0.2) is 0 Å². The number of rotatable bonds is 2. The molecule has 5 aromatic rings. The van der Waals surface area contributed by atoms with E-state index in [2.05, 4.69) is 39.4 Å². The van der Waals surface area contributed by atoms with Crippen LogP contribution in [0.1, 0.15) is 0 Å². The van der Waals surface area contributed by atoms with E-state index < -0.39 is 0 Å². The number of hydrogen-bond donors (Lipinski definition) is 1. The lowest BCUT2D eigenvalue weighted by Crippen LogP contribution is -1.97. The second-order valence-corrected chi connectivity index (χ2v) is 5.66. The number of benzene rings is 2. The number of fused-ring (bicyclic) bond motifs is 2. The Bertz CT molecular complexity index is 1150.